The van der Waals surface area contributed by atoms with Crippen LogP contribution in [0.25, 0.3) is 0 Å². The number of hydrogen-bond acceptors (Lipinski definition) is 1. The summed E-state index contributed by atoms with van der Waals surface area (Å²) in [6, 6.07) is 4.92. The smallest absolute Gasteiger partial charge is 0.342 e. The van der Waals surface area contributed by atoms with Crippen molar-refractivity contribution in [3.63, 3.8) is 0 Å². The quantitative estimate of drug-likeness (QED) is 0.772. The lowest BCUT2D eigenvalue weighted by atomic mass is 9.97. The van der Waals surface area contributed by atoms with Crippen LogP contribution < -0.4 is 0 Å². The highest BCUT2D eigenvalue weighted by Gasteiger charge is 2.31. The second-order valence-electron chi connectivity index (χ2n) is 5.90. The first-order valence-electron chi connectivity index (χ1n) is 7.34. The van der Waals surface area contributed by atoms with Gasteiger partial charge in [-0.1, -0.05) is 12.1 Å². The molecule has 0 aliphatic carbocycles. The number of carbonyl (C=O) groups excluding carboxylic acids is 1. The van der Waals surface area contributed by atoms with Crippen LogP contribution in [-0.2, 0) is 11.2 Å². The fourth-order valence-electron chi connectivity index (χ4n) is 2.80. The minimum Gasteiger partial charge on any atom is -0.342 e. The number of nitrogens with zero attached hydrogens (tertiary/aromatic N) is 1. The Labute approximate surface area is 127 Å². The second kappa shape index (κ2) is 6.67. The highest BCUT2D eigenvalue weighted by atomic mass is 19.4. The summed E-state index contributed by atoms with van der Waals surface area (Å²) in [4.78, 5) is 13.3. The molecule has 122 valence electrons. The Morgan fingerprint density at radius 2 is 2.09 bits per heavy atom. The van der Waals surface area contributed by atoms with Gasteiger partial charge >= 0.3 is 6.18 Å². The molecule has 22 heavy (non-hydrogen) atoms. The van der Waals surface area contributed by atoms with Crippen LogP contribution in [0, 0.1) is 18.7 Å². The third-order valence-electron chi connectivity index (χ3n) is 4.01. The Bertz CT molecular complexity index is 541. The van der Waals surface area contributed by atoms with Crippen molar-refractivity contribution >= 4 is 5.91 Å². The van der Waals surface area contributed by atoms with Gasteiger partial charge in [0, 0.05) is 19.5 Å². The summed E-state index contributed by atoms with van der Waals surface area (Å²) in [5, 5.41) is 0. The molecule has 1 heterocycles. The van der Waals surface area contributed by atoms with Gasteiger partial charge in [0.1, 0.15) is 5.82 Å². The van der Waals surface area contributed by atoms with Crippen molar-refractivity contribution in [2.75, 3.05) is 13.1 Å². The molecule has 1 saturated heterocycles. The predicted octanol–water partition coefficient (Wildman–Crippen LogP) is 3.87. The van der Waals surface area contributed by atoms with Gasteiger partial charge in [0.05, 0.1) is 6.42 Å². The normalized spacial score (nSPS) is 18.8. The Morgan fingerprint density at radius 1 is 1.36 bits per heavy atom. The SMILES string of the molecule is Cc1cc(CC2CCN(C(=O)CCC(F)(F)F)C2)ccc1F. The van der Waals surface area contributed by atoms with Crippen molar-refractivity contribution in [3.05, 3.63) is 35.1 Å². The zero-order valence-corrected chi connectivity index (χ0v) is 12.4. The first-order valence-corrected chi connectivity index (χ1v) is 7.34. The summed E-state index contributed by atoms with van der Waals surface area (Å²) in [5.74, 6) is -0.464. The van der Waals surface area contributed by atoms with Crippen LogP contribution in [0.5, 0.6) is 0 Å². The van der Waals surface area contributed by atoms with E-state index in [9.17, 15) is 22.4 Å². The van der Waals surface area contributed by atoms with Gasteiger partial charge in [0.2, 0.25) is 5.91 Å². The average molecular weight is 317 g/mol. The first-order chi connectivity index (χ1) is 10.2. The lowest BCUT2D eigenvalue weighted by molar-refractivity contribution is -0.148. The van der Waals surface area contributed by atoms with E-state index in [-0.39, 0.29) is 11.7 Å². The third kappa shape index (κ3) is 4.71. The largest absolute Gasteiger partial charge is 0.389 e. The van der Waals surface area contributed by atoms with Crippen LogP contribution >= 0.6 is 0 Å². The molecule has 1 unspecified atom stereocenters. The molecule has 1 atom stereocenters. The third-order valence-corrected chi connectivity index (χ3v) is 4.01. The standard InChI is InChI=1S/C16H19F4NO/c1-11-8-12(2-3-14(11)17)9-13-5-7-21(10-13)15(22)4-6-16(18,19)20/h2-3,8,13H,4-7,9-10H2,1H3. The van der Waals surface area contributed by atoms with E-state index in [1.165, 1.54) is 11.0 Å². The molecule has 1 aromatic carbocycles. The number of carbonyl (C=O) groups is 1. The van der Waals surface area contributed by atoms with E-state index in [2.05, 4.69) is 0 Å². The summed E-state index contributed by atoms with van der Waals surface area (Å²) >= 11 is 0. The molecule has 1 aromatic rings. The van der Waals surface area contributed by atoms with Gasteiger partial charge in [0.15, 0.2) is 0 Å². The maximum atomic E-state index is 13.2. The molecular formula is C16H19F4NO. The second-order valence-corrected chi connectivity index (χ2v) is 5.90. The van der Waals surface area contributed by atoms with Crippen LogP contribution in [0.3, 0.4) is 0 Å². The van der Waals surface area contributed by atoms with Gasteiger partial charge in [-0.3, -0.25) is 4.79 Å². The molecule has 1 fully saturated rings. The molecule has 0 radical (unpaired) electrons. The van der Waals surface area contributed by atoms with Gasteiger partial charge in [-0.2, -0.15) is 13.2 Å². The average Bonchev–Trinajstić information content (AvgIpc) is 2.88. The van der Waals surface area contributed by atoms with Crippen LogP contribution in [0.15, 0.2) is 18.2 Å². The molecule has 2 rings (SSSR count). The van der Waals surface area contributed by atoms with Crippen molar-refractivity contribution in [3.8, 4) is 0 Å². The highest BCUT2D eigenvalue weighted by Crippen LogP contribution is 2.25. The monoisotopic (exact) mass is 317 g/mol. The van der Waals surface area contributed by atoms with E-state index >= 15 is 0 Å². The molecule has 0 N–H and O–H groups in total. The topological polar surface area (TPSA) is 20.3 Å². The molecule has 1 aliphatic heterocycles. The Hall–Kier alpha value is -1.59. The number of benzene rings is 1. The van der Waals surface area contributed by atoms with E-state index < -0.39 is 24.9 Å². The number of aryl methyl sites for hydroxylation is 1. The summed E-state index contributed by atoms with van der Waals surface area (Å²) in [5.41, 5.74) is 1.57. The van der Waals surface area contributed by atoms with Crippen molar-refractivity contribution in [2.45, 2.75) is 38.8 Å². The van der Waals surface area contributed by atoms with Crippen molar-refractivity contribution in [1.29, 1.82) is 0 Å². The van der Waals surface area contributed by atoms with Gasteiger partial charge in [0.25, 0.3) is 0 Å². The zero-order valence-electron chi connectivity index (χ0n) is 12.4. The Morgan fingerprint density at radius 3 is 2.73 bits per heavy atom. The van der Waals surface area contributed by atoms with E-state index in [0.29, 0.717) is 25.1 Å². The molecule has 0 spiro atoms. The summed E-state index contributed by atoms with van der Waals surface area (Å²) in [6.45, 7) is 2.68. The lowest BCUT2D eigenvalue weighted by Gasteiger charge is -2.17. The van der Waals surface area contributed by atoms with Gasteiger partial charge < -0.3 is 4.90 Å². The lowest BCUT2D eigenvalue weighted by Crippen LogP contribution is -2.29. The van der Waals surface area contributed by atoms with Crippen molar-refractivity contribution in [2.24, 2.45) is 5.92 Å². The van der Waals surface area contributed by atoms with Crippen LogP contribution in [0.2, 0.25) is 0 Å². The Balaban J connectivity index is 1.84. The zero-order chi connectivity index (χ0) is 16.3. The number of likely N-dealkylation sites (tertiary alicyclic amines) is 1. The molecule has 1 aliphatic rings. The molecular weight excluding hydrogens is 298 g/mol. The fourth-order valence-corrected chi connectivity index (χ4v) is 2.80. The van der Waals surface area contributed by atoms with E-state index in [0.717, 1.165) is 12.0 Å². The first kappa shape index (κ1) is 16.8. The van der Waals surface area contributed by atoms with Crippen LogP contribution in [0.4, 0.5) is 17.6 Å². The van der Waals surface area contributed by atoms with Gasteiger partial charge in [-0.15, -0.1) is 0 Å². The van der Waals surface area contributed by atoms with E-state index in [4.69, 9.17) is 0 Å². The number of hydrogen-bond donors (Lipinski definition) is 0. The number of alkyl halides is 3. The van der Waals surface area contributed by atoms with Crippen LogP contribution in [0.1, 0.15) is 30.4 Å². The summed E-state index contributed by atoms with van der Waals surface area (Å²) in [6.07, 6.45) is -4.35. The van der Waals surface area contributed by atoms with Gasteiger partial charge in [-0.05, 0) is 42.9 Å². The number of rotatable bonds is 4. The molecule has 6 heteroatoms. The molecule has 0 bridgehead atoms. The maximum Gasteiger partial charge on any atom is 0.389 e. The highest BCUT2D eigenvalue weighted by molar-refractivity contribution is 5.76. The maximum absolute atomic E-state index is 13.2. The van der Waals surface area contributed by atoms with E-state index in [1.54, 1.807) is 19.1 Å². The van der Waals surface area contributed by atoms with Gasteiger partial charge in [-0.25, -0.2) is 4.39 Å². The molecule has 2 nitrogen and oxygen atoms in total. The number of halogens is 4. The molecule has 0 aromatic heterocycles. The van der Waals surface area contributed by atoms with E-state index in [1.807, 2.05) is 0 Å². The Kier molecular flexibility index (Phi) is 5.08. The van der Waals surface area contributed by atoms with Crippen molar-refractivity contribution < 1.29 is 22.4 Å². The number of amides is 1. The summed E-state index contributed by atoms with van der Waals surface area (Å²) in [7, 11) is 0. The minimum absolute atomic E-state index is 0.222. The van der Waals surface area contributed by atoms with Crippen molar-refractivity contribution in [1.82, 2.24) is 4.90 Å². The fraction of sp³-hybridized carbons (Fsp3) is 0.562. The minimum atomic E-state index is -4.29. The predicted molar refractivity (Wildman–Crippen MR) is 74.8 cm³/mol. The summed E-state index contributed by atoms with van der Waals surface area (Å²) < 4.78 is 49.6. The van der Waals surface area contributed by atoms with Crippen LogP contribution in [-0.4, -0.2) is 30.1 Å². The molecule has 1 amide bonds. The molecule has 0 saturated carbocycles.